The molecule has 0 bridgehead atoms. The van der Waals surface area contributed by atoms with Crippen LogP contribution < -0.4 is 5.32 Å². The van der Waals surface area contributed by atoms with E-state index in [1.165, 1.54) is 12.1 Å². The average molecular weight is 259 g/mol. The summed E-state index contributed by atoms with van der Waals surface area (Å²) in [6.07, 6.45) is 0. The topological polar surface area (TPSA) is 32.3 Å². The number of phenolic OH excluding ortho intramolecular Hbond substituents is 1. The molecule has 0 aliphatic rings. The lowest BCUT2D eigenvalue weighted by Gasteiger charge is -2.15. The van der Waals surface area contributed by atoms with Crippen molar-refractivity contribution in [2.24, 2.45) is 0 Å². The van der Waals surface area contributed by atoms with Gasteiger partial charge < -0.3 is 10.4 Å². The summed E-state index contributed by atoms with van der Waals surface area (Å²) in [4.78, 5) is 0. The van der Waals surface area contributed by atoms with Crippen LogP contribution in [0.15, 0.2) is 42.5 Å². The van der Waals surface area contributed by atoms with Gasteiger partial charge in [0.25, 0.3) is 0 Å². The van der Waals surface area contributed by atoms with Crippen molar-refractivity contribution in [1.29, 1.82) is 0 Å². The van der Waals surface area contributed by atoms with E-state index in [4.69, 9.17) is 0 Å². The molecule has 100 valence electrons. The number of rotatable bonds is 4. The molecule has 3 heteroatoms. The fraction of sp³-hybridized carbons (Fsp3) is 0.250. The highest BCUT2D eigenvalue weighted by atomic mass is 19.1. The summed E-state index contributed by atoms with van der Waals surface area (Å²) in [6.45, 7) is 4.39. The van der Waals surface area contributed by atoms with E-state index in [0.717, 1.165) is 16.7 Å². The molecule has 0 spiro atoms. The molecule has 2 aromatic rings. The van der Waals surface area contributed by atoms with E-state index in [0.29, 0.717) is 12.3 Å². The van der Waals surface area contributed by atoms with E-state index in [-0.39, 0.29) is 11.9 Å². The first-order chi connectivity index (χ1) is 9.08. The first-order valence-corrected chi connectivity index (χ1v) is 6.34. The second kappa shape index (κ2) is 5.85. The second-order valence-electron chi connectivity index (χ2n) is 4.74. The largest absolute Gasteiger partial charge is 0.507 e. The molecular weight excluding hydrogens is 241 g/mol. The summed E-state index contributed by atoms with van der Waals surface area (Å²) in [6, 6.07) is 12.2. The SMILES string of the molecule is Cc1cccc(CNC(C)c2cccc(F)c2)c1O. The maximum absolute atomic E-state index is 13.1. The lowest BCUT2D eigenvalue weighted by atomic mass is 10.1. The summed E-state index contributed by atoms with van der Waals surface area (Å²) >= 11 is 0. The van der Waals surface area contributed by atoms with Crippen LogP contribution in [-0.4, -0.2) is 5.11 Å². The van der Waals surface area contributed by atoms with Crippen LogP contribution in [0.3, 0.4) is 0 Å². The number of nitrogens with one attached hydrogen (secondary N) is 1. The molecule has 1 unspecified atom stereocenters. The van der Waals surface area contributed by atoms with Crippen molar-refractivity contribution in [3.05, 3.63) is 65.0 Å². The van der Waals surface area contributed by atoms with Gasteiger partial charge in [-0.05, 0) is 37.1 Å². The molecule has 0 amide bonds. The zero-order valence-electron chi connectivity index (χ0n) is 11.2. The van der Waals surface area contributed by atoms with Crippen molar-refractivity contribution < 1.29 is 9.50 Å². The van der Waals surface area contributed by atoms with Crippen LogP contribution in [0.4, 0.5) is 4.39 Å². The predicted molar refractivity (Wildman–Crippen MR) is 74.5 cm³/mol. The van der Waals surface area contributed by atoms with Crippen molar-refractivity contribution >= 4 is 0 Å². The molecule has 1 atom stereocenters. The van der Waals surface area contributed by atoms with E-state index >= 15 is 0 Å². The van der Waals surface area contributed by atoms with Gasteiger partial charge in [0.05, 0.1) is 0 Å². The molecule has 2 nitrogen and oxygen atoms in total. The van der Waals surface area contributed by atoms with Crippen LogP contribution in [0.25, 0.3) is 0 Å². The molecule has 0 fully saturated rings. The zero-order valence-corrected chi connectivity index (χ0v) is 11.2. The normalized spacial score (nSPS) is 12.4. The summed E-state index contributed by atoms with van der Waals surface area (Å²) in [5.41, 5.74) is 2.60. The third-order valence-electron chi connectivity index (χ3n) is 3.27. The molecule has 0 aliphatic carbocycles. The van der Waals surface area contributed by atoms with Crippen LogP contribution in [0.2, 0.25) is 0 Å². The molecular formula is C16H18FNO. The smallest absolute Gasteiger partial charge is 0.123 e. The highest BCUT2D eigenvalue weighted by Gasteiger charge is 2.08. The Morgan fingerprint density at radius 1 is 1.21 bits per heavy atom. The molecule has 0 aromatic heterocycles. The van der Waals surface area contributed by atoms with Crippen LogP contribution in [-0.2, 0) is 6.54 Å². The van der Waals surface area contributed by atoms with Gasteiger partial charge in [0.1, 0.15) is 11.6 Å². The van der Waals surface area contributed by atoms with Crippen LogP contribution in [0.5, 0.6) is 5.75 Å². The molecule has 2 rings (SSSR count). The summed E-state index contributed by atoms with van der Waals surface area (Å²) < 4.78 is 13.1. The van der Waals surface area contributed by atoms with E-state index in [1.54, 1.807) is 6.07 Å². The standard InChI is InChI=1S/C16H18FNO/c1-11-5-3-7-14(16(11)19)10-18-12(2)13-6-4-8-15(17)9-13/h3-9,12,18-19H,10H2,1-2H3. The van der Waals surface area contributed by atoms with Gasteiger partial charge in [-0.1, -0.05) is 30.3 Å². The maximum Gasteiger partial charge on any atom is 0.123 e. The quantitative estimate of drug-likeness (QED) is 0.877. The van der Waals surface area contributed by atoms with Gasteiger partial charge in [-0.15, -0.1) is 0 Å². The summed E-state index contributed by atoms with van der Waals surface area (Å²) in [7, 11) is 0. The van der Waals surface area contributed by atoms with Gasteiger partial charge in [0, 0.05) is 18.2 Å². The molecule has 0 heterocycles. The minimum atomic E-state index is -0.232. The number of aromatic hydroxyl groups is 1. The van der Waals surface area contributed by atoms with E-state index in [9.17, 15) is 9.50 Å². The van der Waals surface area contributed by atoms with Crippen molar-refractivity contribution in [2.45, 2.75) is 26.4 Å². The molecule has 0 radical (unpaired) electrons. The van der Waals surface area contributed by atoms with Crippen molar-refractivity contribution in [2.75, 3.05) is 0 Å². The van der Waals surface area contributed by atoms with Crippen molar-refractivity contribution in [3.63, 3.8) is 0 Å². The third-order valence-corrected chi connectivity index (χ3v) is 3.27. The molecule has 0 saturated carbocycles. The van der Waals surface area contributed by atoms with Crippen LogP contribution in [0, 0.1) is 12.7 Å². The van der Waals surface area contributed by atoms with Gasteiger partial charge in [-0.25, -0.2) is 4.39 Å². The van der Waals surface area contributed by atoms with Gasteiger partial charge in [-0.3, -0.25) is 0 Å². The minimum Gasteiger partial charge on any atom is -0.507 e. The fourth-order valence-corrected chi connectivity index (χ4v) is 2.02. The Balaban J connectivity index is 2.04. The number of aryl methyl sites for hydroxylation is 1. The predicted octanol–water partition coefficient (Wildman–Crippen LogP) is 3.69. The number of para-hydroxylation sites is 1. The molecule has 19 heavy (non-hydrogen) atoms. The van der Waals surface area contributed by atoms with E-state index in [1.807, 2.05) is 38.1 Å². The van der Waals surface area contributed by atoms with E-state index < -0.39 is 0 Å². The van der Waals surface area contributed by atoms with Gasteiger partial charge >= 0.3 is 0 Å². The van der Waals surface area contributed by atoms with Gasteiger partial charge in [0.2, 0.25) is 0 Å². The Morgan fingerprint density at radius 3 is 2.68 bits per heavy atom. The first kappa shape index (κ1) is 13.6. The molecule has 0 saturated heterocycles. The average Bonchev–Trinajstić information content (AvgIpc) is 2.40. The monoisotopic (exact) mass is 259 g/mol. The minimum absolute atomic E-state index is 0.0237. The number of halogens is 1. The van der Waals surface area contributed by atoms with E-state index in [2.05, 4.69) is 5.32 Å². The Labute approximate surface area is 112 Å². The highest BCUT2D eigenvalue weighted by Crippen LogP contribution is 2.22. The Hall–Kier alpha value is -1.87. The number of hydrogen-bond donors (Lipinski definition) is 2. The summed E-state index contributed by atoms with van der Waals surface area (Å²) in [5.74, 6) is 0.0889. The highest BCUT2D eigenvalue weighted by molar-refractivity contribution is 5.39. The lowest BCUT2D eigenvalue weighted by Crippen LogP contribution is -2.18. The fourth-order valence-electron chi connectivity index (χ4n) is 2.02. The Kier molecular flexibility index (Phi) is 4.17. The van der Waals surface area contributed by atoms with Crippen LogP contribution in [0.1, 0.15) is 29.7 Å². The number of phenols is 1. The molecule has 2 aromatic carbocycles. The second-order valence-corrected chi connectivity index (χ2v) is 4.74. The van der Waals surface area contributed by atoms with Crippen LogP contribution >= 0.6 is 0 Å². The Morgan fingerprint density at radius 2 is 1.95 bits per heavy atom. The van der Waals surface area contributed by atoms with Crippen molar-refractivity contribution in [3.8, 4) is 5.75 Å². The zero-order chi connectivity index (χ0) is 13.8. The third kappa shape index (κ3) is 3.32. The molecule has 2 N–H and O–H groups in total. The van der Waals surface area contributed by atoms with Crippen molar-refractivity contribution in [1.82, 2.24) is 5.32 Å². The maximum atomic E-state index is 13.1. The summed E-state index contributed by atoms with van der Waals surface area (Å²) in [5, 5.41) is 13.2. The van der Waals surface area contributed by atoms with Gasteiger partial charge in [0.15, 0.2) is 0 Å². The Bertz CT molecular complexity index is 568. The lowest BCUT2D eigenvalue weighted by molar-refractivity contribution is 0.456. The molecule has 0 aliphatic heterocycles. The van der Waals surface area contributed by atoms with Gasteiger partial charge in [-0.2, -0.15) is 0 Å². The number of benzene rings is 2. The number of hydrogen-bond acceptors (Lipinski definition) is 2. The first-order valence-electron chi connectivity index (χ1n) is 6.34.